The Labute approximate surface area is 159 Å². The van der Waals surface area contributed by atoms with E-state index in [1.165, 1.54) is 12.1 Å². The first-order valence-corrected chi connectivity index (χ1v) is 9.75. The number of pyridine rings is 1. The molecule has 3 heterocycles. The highest BCUT2D eigenvalue weighted by Crippen LogP contribution is 2.31. The summed E-state index contributed by atoms with van der Waals surface area (Å²) in [4.78, 5) is 19.2. The van der Waals surface area contributed by atoms with Gasteiger partial charge in [0, 0.05) is 37.0 Å². The molecule has 1 atom stereocenters. The van der Waals surface area contributed by atoms with Crippen LogP contribution in [0, 0.1) is 12.7 Å². The third kappa shape index (κ3) is 4.03. The number of benzene rings is 1. The molecule has 1 aromatic heterocycles. The monoisotopic (exact) mass is 368 g/mol. The molecule has 0 saturated carbocycles. The molecule has 142 valence electrons. The van der Waals surface area contributed by atoms with Crippen molar-refractivity contribution in [3.8, 4) is 11.1 Å². The Morgan fingerprint density at radius 2 is 1.85 bits per heavy atom. The van der Waals surface area contributed by atoms with E-state index in [0.717, 1.165) is 61.3 Å². The summed E-state index contributed by atoms with van der Waals surface area (Å²) >= 11 is 0. The van der Waals surface area contributed by atoms with Crippen LogP contribution in [0.25, 0.3) is 11.1 Å². The number of aromatic nitrogens is 1. The standard InChI is InChI=1S/C22H25FN2O2/c1-15-13-18(16-4-6-19(23)7-5-16)14-20(24-15)17-8-10-25(11-9-17)22(26)21-3-2-12-27-21/h4-7,13-14,17,21H,2-3,8-12H2,1H3. The van der Waals surface area contributed by atoms with Crippen molar-refractivity contribution in [1.29, 1.82) is 0 Å². The topological polar surface area (TPSA) is 42.4 Å². The van der Waals surface area contributed by atoms with E-state index in [2.05, 4.69) is 6.07 Å². The lowest BCUT2D eigenvalue weighted by Gasteiger charge is -2.33. The molecule has 27 heavy (non-hydrogen) atoms. The van der Waals surface area contributed by atoms with Crippen LogP contribution in [0.4, 0.5) is 4.39 Å². The second-order valence-electron chi connectivity index (χ2n) is 7.53. The van der Waals surface area contributed by atoms with E-state index >= 15 is 0 Å². The first-order valence-electron chi connectivity index (χ1n) is 9.75. The molecule has 4 rings (SSSR count). The number of likely N-dealkylation sites (tertiary alicyclic amines) is 1. The van der Waals surface area contributed by atoms with Crippen molar-refractivity contribution >= 4 is 5.91 Å². The van der Waals surface area contributed by atoms with Gasteiger partial charge in [-0.25, -0.2) is 4.39 Å². The maximum Gasteiger partial charge on any atom is 0.251 e. The number of aryl methyl sites for hydroxylation is 1. The number of hydrogen-bond donors (Lipinski definition) is 0. The maximum atomic E-state index is 13.2. The van der Waals surface area contributed by atoms with Gasteiger partial charge in [-0.05, 0) is 68.0 Å². The number of hydrogen-bond acceptors (Lipinski definition) is 3. The average molecular weight is 368 g/mol. The van der Waals surface area contributed by atoms with Crippen molar-refractivity contribution in [2.75, 3.05) is 19.7 Å². The summed E-state index contributed by atoms with van der Waals surface area (Å²) in [7, 11) is 0. The minimum Gasteiger partial charge on any atom is -0.368 e. The zero-order valence-electron chi connectivity index (χ0n) is 15.7. The second-order valence-corrected chi connectivity index (χ2v) is 7.53. The van der Waals surface area contributed by atoms with Gasteiger partial charge in [-0.15, -0.1) is 0 Å². The van der Waals surface area contributed by atoms with Crippen LogP contribution in [0.15, 0.2) is 36.4 Å². The second kappa shape index (κ2) is 7.77. The van der Waals surface area contributed by atoms with Gasteiger partial charge in [0.2, 0.25) is 0 Å². The van der Waals surface area contributed by atoms with Gasteiger partial charge >= 0.3 is 0 Å². The van der Waals surface area contributed by atoms with E-state index in [1.54, 1.807) is 12.1 Å². The smallest absolute Gasteiger partial charge is 0.251 e. The van der Waals surface area contributed by atoms with E-state index < -0.39 is 0 Å². The molecule has 0 spiro atoms. The van der Waals surface area contributed by atoms with E-state index in [4.69, 9.17) is 9.72 Å². The van der Waals surface area contributed by atoms with Crippen molar-refractivity contribution in [3.63, 3.8) is 0 Å². The minimum atomic E-state index is -0.233. The van der Waals surface area contributed by atoms with Crippen molar-refractivity contribution in [1.82, 2.24) is 9.88 Å². The van der Waals surface area contributed by atoms with Gasteiger partial charge < -0.3 is 9.64 Å². The molecule has 2 aliphatic heterocycles. The molecule has 2 aliphatic rings. The van der Waals surface area contributed by atoms with Crippen LogP contribution in [0.5, 0.6) is 0 Å². The molecule has 1 amide bonds. The first-order chi connectivity index (χ1) is 13.1. The van der Waals surface area contributed by atoms with Crippen molar-refractivity contribution in [2.45, 2.75) is 44.6 Å². The Hall–Kier alpha value is -2.27. The predicted molar refractivity (Wildman–Crippen MR) is 102 cm³/mol. The van der Waals surface area contributed by atoms with Crippen LogP contribution in [-0.2, 0) is 9.53 Å². The van der Waals surface area contributed by atoms with Crippen molar-refractivity contribution < 1.29 is 13.9 Å². The van der Waals surface area contributed by atoms with Gasteiger partial charge in [-0.3, -0.25) is 9.78 Å². The van der Waals surface area contributed by atoms with Gasteiger partial charge in [-0.2, -0.15) is 0 Å². The molecule has 1 unspecified atom stereocenters. The lowest BCUT2D eigenvalue weighted by Crippen LogP contribution is -2.43. The van der Waals surface area contributed by atoms with Crippen LogP contribution in [0.3, 0.4) is 0 Å². The van der Waals surface area contributed by atoms with Crippen LogP contribution >= 0.6 is 0 Å². The number of rotatable bonds is 3. The van der Waals surface area contributed by atoms with Crippen molar-refractivity contribution in [3.05, 3.63) is 53.6 Å². The van der Waals surface area contributed by atoms with E-state index in [0.29, 0.717) is 12.5 Å². The zero-order chi connectivity index (χ0) is 18.8. The lowest BCUT2D eigenvalue weighted by molar-refractivity contribution is -0.142. The molecule has 0 aliphatic carbocycles. The van der Waals surface area contributed by atoms with Gasteiger partial charge in [0.1, 0.15) is 11.9 Å². The largest absolute Gasteiger partial charge is 0.368 e. The van der Waals surface area contributed by atoms with E-state index in [9.17, 15) is 9.18 Å². The van der Waals surface area contributed by atoms with Gasteiger partial charge in [0.25, 0.3) is 5.91 Å². The molecule has 0 bridgehead atoms. The van der Waals surface area contributed by atoms with Crippen LogP contribution in [0.2, 0.25) is 0 Å². The van der Waals surface area contributed by atoms with Crippen LogP contribution in [0.1, 0.15) is 43.0 Å². The third-order valence-electron chi connectivity index (χ3n) is 5.58. The summed E-state index contributed by atoms with van der Waals surface area (Å²) in [6.07, 6.45) is 3.42. The highest BCUT2D eigenvalue weighted by Gasteiger charge is 2.31. The number of amides is 1. The number of carbonyl (C=O) groups is 1. The molecule has 5 heteroatoms. The highest BCUT2D eigenvalue weighted by molar-refractivity contribution is 5.81. The highest BCUT2D eigenvalue weighted by atomic mass is 19.1. The molecule has 1 aromatic carbocycles. The van der Waals surface area contributed by atoms with Gasteiger partial charge in [-0.1, -0.05) is 12.1 Å². The number of ether oxygens (including phenoxy) is 1. The Morgan fingerprint density at radius 1 is 1.11 bits per heavy atom. The Balaban J connectivity index is 1.46. The molecular formula is C22H25FN2O2. The summed E-state index contributed by atoms with van der Waals surface area (Å²) in [5, 5.41) is 0. The molecule has 2 aromatic rings. The molecule has 0 N–H and O–H groups in total. The zero-order valence-corrected chi connectivity index (χ0v) is 15.7. The summed E-state index contributed by atoms with van der Waals surface area (Å²) in [6, 6.07) is 10.7. The SMILES string of the molecule is Cc1cc(-c2ccc(F)cc2)cc(C2CCN(C(=O)C3CCCO3)CC2)n1. The first kappa shape index (κ1) is 18.1. The number of halogens is 1. The lowest BCUT2D eigenvalue weighted by atomic mass is 9.91. The average Bonchev–Trinajstić information content (AvgIpc) is 3.22. The molecule has 4 nitrogen and oxygen atoms in total. The van der Waals surface area contributed by atoms with Crippen LogP contribution in [-0.4, -0.2) is 41.6 Å². The number of piperidine rings is 1. The van der Waals surface area contributed by atoms with Gasteiger partial charge in [0.15, 0.2) is 0 Å². The molecular weight excluding hydrogens is 343 g/mol. The molecule has 2 saturated heterocycles. The summed E-state index contributed by atoms with van der Waals surface area (Å²) in [5.74, 6) is 0.265. The maximum absolute atomic E-state index is 13.2. The van der Waals surface area contributed by atoms with Gasteiger partial charge in [0.05, 0.1) is 0 Å². The van der Waals surface area contributed by atoms with E-state index in [-0.39, 0.29) is 17.8 Å². The number of carbonyl (C=O) groups excluding carboxylic acids is 1. The fourth-order valence-corrected chi connectivity index (χ4v) is 4.08. The molecule has 0 radical (unpaired) electrons. The Morgan fingerprint density at radius 3 is 2.52 bits per heavy atom. The van der Waals surface area contributed by atoms with Crippen molar-refractivity contribution in [2.24, 2.45) is 0 Å². The van der Waals surface area contributed by atoms with Crippen LogP contribution < -0.4 is 0 Å². The normalized spacial score (nSPS) is 20.8. The summed E-state index contributed by atoms with van der Waals surface area (Å²) in [6.45, 7) is 4.20. The quantitative estimate of drug-likeness (QED) is 0.820. The predicted octanol–water partition coefficient (Wildman–Crippen LogP) is 4.08. The Bertz CT molecular complexity index is 808. The van der Waals surface area contributed by atoms with E-state index in [1.807, 2.05) is 17.9 Å². The molecule has 2 fully saturated rings. The number of nitrogens with zero attached hydrogens (tertiary/aromatic N) is 2. The third-order valence-corrected chi connectivity index (χ3v) is 5.58. The fourth-order valence-electron chi connectivity index (χ4n) is 4.08. The Kier molecular flexibility index (Phi) is 5.21. The summed E-state index contributed by atoms with van der Waals surface area (Å²) < 4.78 is 18.8. The summed E-state index contributed by atoms with van der Waals surface area (Å²) in [5.41, 5.74) is 4.09. The minimum absolute atomic E-state index is 0.148. The fraction of sp³-hybridized carbons (Fsp3) is 0.455.